The molecule has 0 atom stereocenters. The van der Waals surface area contributed by atoms with Crippen LogP contribution in [0, 0.1) is 0 Å². The van der Waals surface area contributed by atoms with Crippen LogP contribution in [0.25, 0.3) is 5.69 Å². The van der Waals surface area contributed by atoms with Gasteiger partial charge in [0.05, 0.1) is 23.1 Å². The highest BCUT2D eigenvalue weighted by Gasteiger charge is 2.21. The summed E-state index contributed by atoms with van der Waals surface area (Å²) in [5.74, 6) is -0.358. The number of hydrogen-bond acceptors (Lipinski definition) is 3. The van der Waals surface area contributed by atoms with Crippen LogP contribution in [-0.4, -0.2) is 21.6 Å². The average molecular weight is 397 g/mol. The van der Waals surface area contributed by atoms with Crippen molar-refractivity contribution in [1.82, 2.24) is 9.78 Å². The Morgan fingerprint density at radius 1 is 1.04 bits per heavy atom. The fraction of sp³-hybridized carbons (Fsp3) is 0.190. The topological polar surface area (TPSA) is 76.0 Å². The van der Waals surface area contributed by atoms with Crippen molar-refractivity contribution in [2.24, 2.45) is 0 Å². The average Bonchev–Trinajstić information content (AvgIpc) is 3.07. The van der Waals surface area contributed by atoms with Crippen molar-refractivity contribution in [3.05, 3.63) is 71.0 Å². The summed E-state index contributed by atoms with van der Waals surface area (Å²) >= 11 is 5.97. The summed E-state index contributed by atoms with van der Waals surface area (Å²) in [7, 11) is 0. The SMILES string of the molecule is CC(=O)Nc1cccc(NC(=O)c2cnn(-c3ccc(Cl)cc3)c2C(C)C)c1. The molecule has 2 amide bonds. The van der Waals surface area contributed by atoms with Crippen LogP contribution in [0.5, 0.6) is 0 Å². The van der Waals surface area contributed by atoms with E-state index in [4.69, 9.17) is 11.6 Å². The lowest BCUT2D eigenvalue weighted by Gasteiger charge is -2.13. The number of nitrogens with zero attached hydrogens (tertiary/aromatic N) is 2. The number of carbonyl (C=O) groups is 2. The second kappa shape index (κ2) is 8.27. The van der Waals surface area contributed by atoms with Crippen LogP contribution in [0.15, 0.2) is 54.7 Å². The van der Waals surface area contributed by atoms with Gasteiger partial charge in [0, 0.05) is 23.3 Å². The molecule has 0 bridgehead atoms. The van der Waals surface area contributed by atoms with Gasteiger partial charge >= 0.3 is 0 Å². The molecule has 28 heavy (non-hydrogen) atoms. The summed E-state index contributed by atoms with van der Waals surface area (Å²) in [6.07, 6.45) is 1.57. The second-order valence-electron chi connectivity index (χ2n) is 6.70. The number of anilines is 2. The molecular weight excluding hydrogens is 376 g/mol. The molecule has 0 aliphatic carbocycles. The Labute approximate surface area is 168 Å². The first-order valence-electron chi connectivity index (χ1n) is 8.88. The van der Waals surface area contributed by atoms with Crippen LogP contribution >= 0.6 is 11.6 Å². The minimum atomic E-state index is -0.260. The van der Waals surface area contributed by atoms with Gasteiger partial charge in [0.15, 0.2) is 0 Å². The number of rotatable bonds is 5. The first kappa shape index (κ1) is 19.6. The largest absolute Gasteiger partial charge is 0.326 e. The summed E-state index contributed by atoms with van der Waals surface area (Å²) in [4.78, 5) is 24.1. The van der Waals surface area contributed by atoms with Gasteiger partial charge in [0.2, 0.25) is 5.91 Å². The number of benzene rings is 2. The highest BCUT2D eigenvalue weighted by molar-refractivity contribution is 6.30. The van der Waals surface area contributed by atoms with E-state index in [9.17, 15) is 9.59 Å². The molecule has 1 heterocycles. The van der Waals surface area contributed by atoms with Gasteiger partial charge < -0.3 is 10.6 Å². The van der Waals surface area contributed by atoms with E-state index in [2.05, 4.69) is 15.7 Å². The second-order valence-corrected chi connectivity index (χ2v) is 7.14. The summed E-state index contributed by atoms with van der Waals surface area (Å²) in [5.41, 5.74) is 3.34. The van der Waals surface area contributed by atoms with Crippen molar-refractivity contribution in [2.45, 2.75) is 26.7 Å². The van der Waals surface area contributed by atoms with Crippen LogP contribution in [0.4, 0.5) is 11.4 Å². The number of halogens is 1. The molecule has 3 aromatic rings. The van der Waals surface area contributed by atoms with Gasteiger partial charge in [-0.3, -0.25) is 9.59 Å². The third-order valence-corrected chi connectivity index (χ3v) is 4.36. The molecule has 0 saturated carbocycles. The zero-order valence-electron chi connectivity index (χ0n) is 15.9. The van der Waals surface area contributed by atoms with E-state index in [0.29, 0.717) is 22.0 Å². The van der Waals surface area contributed by atoms with Gasteiger partial charge in [-0.25, -0.2) is 4.68 Å². The van der Waals surface area contributed by atoms with E-state index in [1.54, 1.807) is 47.3 Å². The fourth-order valence-corrected chi connectivity index (χ4v) is 3.08. The van der Waals surface area contributed by atoms with Crippen molar-refractivity contribution < 1.29 is 9.59 Å². The first-order valence-corrected chi connectivity index (χ1v) is 9.26. The summed E-state index contributed by atoms with van der Waals surface area (Å²) in [5, 5.41) is 10.6. The molecule has 0 fully saturated rings. The van der Waals surface area contributed by atoms with Gasteiger partial charge in [0.25, 0.3) is 5.91 Å². The predicted octanol–water partition coefficient (Wildman–Crippen LogP) is 4.86. The number of carbonyl (C=O) groups excluding carboxylic acids is 2. The summed E-state index contributed by atoms with van der Waals surface area (Å²) in [6.45, 7) is 5.46. The minimum Gasteiger partial charge on any atom is -0.326 e. The van der Waals surface area contributed by atoms with Crippen LogP contribution in [0.2, 0.25) is 5.02 Å². The van der Waals surface area contributed by atoms with Crippen molar-refractivity contribution in [1.29, 1.82) is 0 Å². The third kappa shape index (κ3) is 4.40. The highest BCUT2D eigenvalue weighted by atomic mass is 35.5. The third-order valence-electron chi connectivity index (χ3n) is 4.11. The van der Waals surface area contributed by atoms with Crippen LogP contribution < -0.4 is 10.6 Å². The van der Waals surface area contributed by atoms with Gasteiger partial charge in [0.1, 0.15) is 0 Å². The number of amides is 2. The number of hydrogen-bond donors (Lipinski definition) is 2. The lowest BCUT2D eigenvalue weighted by molar-refractivity contribution is -0.114. The van der Waals surface area contributed by atoms with Crippen LogP contribution in [0.3, 0.4) is 0 Å². The summed E-state index contributed by atoms with van der Waals surface area (Å²) in [6, 6.07) is 14.3. The summed E-state index contributed by atoms with van der Waals surface area (Å²) < 4.78 is 1.75. The molecular formula is C21H21ClN4O2. The van der Waals surface area contributed by atoms with E-state index in [1.807, 2.05) is 26.0 Å². The molecule has 3 rings (SSSR count). The van der Waals surface area contributed by atoms with Crippen molar-refractivity contribution in [2.75, 3.05) is 10.6 Å². The van der Waals surface area contributed by atoms with Gasteiger partial charge in [-0.15, -0.1) is 0 Å². The van der Waals surface area contributed by atoms with E-state index in [1.165, 1.54) is 6.92 Å². The van der Waals surface area contributed by atoms with E-state index in [-0.39, 0.29) is 17.7 Å². The quantitative estimate of drug-likeness (QED) is 0.646. The van der Waals surface area contributed by atoms with Crippen molar-refractivity contribution in [3.8, 4) is 5.69 Å². The Morgan fingerprint density at radius 2 is 1.68 bits per heavy atom. The maximum Gasteiger partial charge on any atom is 0.259 e. The molecule has 0 spiro atoms. The standard InChI is InChI=1S/C21H21ClN4O2/c1-13(2)20-19(12-23-26(20)18-9-7-15(22)8-10-18)21(28)25-17-6-4-5-16(11-17)24-14(3)27/h4-13H,1-3H3,(H,24,27)(H,25,28). The lowest BCUT2D eigenvalue weighted by Crippen LogP contribution is -2.15. The van der Waals surface area contributed by atoms with Gasteiger partial charge in [-0.1, -0.05) is 31.5 Å². The Hall–Kier alpha value is -3.12. The van der Waals surface area contributed by atoms with Crippen LogP contribution in [0.1, 0.15) is 42.7 Å². The zero-order valence-corrected chi connectivity index (χ0v) is 16.6. The van der Waals surface area contributed by atoms with E-state index < -0.39 is 0 Å². The molecule has 2 aromatic carbocycles. The predicted molar refractivity (Wildman–Crippen MR) is 111 cm³/mol. The zero-order chi connectivity index (χ0) is 20.3. The Balaban J connectivity index is 1.90. The molecule has 0 aliphatic heterocycles. The monoisotopic (exact) mass is 396 g/mol. The molecule has 1 aromatic heterocycles. The Bertz CT molecular complexity index is 1010. The smallest absolute Gasteiger partial charge is 0.259 e. The fourth-order valence-electron chi connectivity index (χ4n) is 2.95. The molecule has 0 unspecified atom stereocenters. The molecule has 6 nitrogen and oxygen atoms in total. The molecule has 0 saturated heterocycles. The number of nitrogens with one attached hydrogen (secondary N) is 2. The Kier molecular flexibility index (Phi) is 5.80. The van der Waals surface area contributed by atoms with Crippen LogP contribution in [-0.2, 0) is 4.79 Å². The molecule has 2 N–H and O–H groups in total. The lowest BCUT2D eigenvalue weighted by atomic mass is 10.0. The van der Waals surface area contributed by atoms with Crippen molar-refractivity contribution in [3.63, 3.8) is 0 Å². The van der Waals surface area contributed by atoms with Crippen molar-refractivity contribution >= 4 is 34.8 Å². The van der Waals surface area contributed by atoms with Gasteiger partial charge in [-0.05, 0) is 48.4 Å². The minimum absolute atomic E-state index is 0.0737. The molecule has 0 radical (unpaired) electrons. The van der Waals surface area contributed by atoms with E-state index in [0.717, 1.165) is 11.4 Å². The molecule has 7 heteroatoms. The Morgan fingerprint density at radius 3 is 2.29 bits per heavy atom. The highest BCUT2D eigenvalue weighted by Crippen LogP contribution is 2.25. The maximum absolute atomic E-state index is 12.9. The van der Waals surface area contributed by atoms with E-state index >= 15 is 0 Å². The first-order chi connectivity index (χ1) is 13.3. The number of aromatic nitrogens is 2. The normalized spacial score (nSPS) is 10.8. The van der Waals surface area contributed by atoms with Gasteiger partial charge in [-0.2, -0.15) is 5.10 Å². The molecule has 144 valence electrons. The maximum atomic E-state index is 12.9. The molecule has 0 aliphatic rings.